The number of carboxylic acids is 1. The summed E-state index contributed by atoms with van der Waals surface area (Å²) in [6.07, 6.45) is 1.41. The SMILES string of the molecule is Cc1ccc(CNC(=O)N2CCC[C@@H](C(=O)O)C2)s1. The summed E-state index contributed by atoms with van der Waals surface area (Å²) in [7, 11) is 0. The van der Waals surface area contributed by atoms with Crippen LogP contribution in [0.5, 0.6) is 0 Å². The van der Waals surface area contributed by atoms with Crippen LogP contribution < -0.4 is 5.32 Å². The van der Waals surface area contributed by atoms with E-state index in [0.717, 1.165) is 11.3 Å². The molecule has 0 saturated carbocycles. The lowest BCUT2D eigenvalue weighted by atomic mass is 9.99. The fourth-order valence-electron chi connectivity index (χ4n) is 2.22. The molecule has 1 saturated heterocycles. The molecule has 0 radical (unpaired) electrons. The highest BCUT2D eigenvalue weighted by Crippen LogP contribution is 2.17. The fraction of sp³-hybridized carbons (Fsp3) is 0.538. The molecule has 1 aliphatic rings. The van der Waals surface area contributed by atoms with E-state index in [1.54, 1.807) is 16.2 Å². The molecule has 2 amide bonds. The van der Waals surface area contributed by atoms with E-state index in [-0.39, 0.29) is 6.03 Å². The van der Waals surface area contributed by atoms with Gasteiger partial charge in [-0.15, -0.1) is 11.3 Å². The van der Waals surface area contributed by atoms with Gasteiger partial charge < -0.3 is 15.3 Å². The highest BCUT2D eigenvalue weighted by atomic mass is 32.1. The molecule has 1 fully saturated rings. The van der Waals surface area contributed by atoms with Gasteiger partial charge in [0.05, 0.1) is 12.5 Å². The van der Waals surface area contributed by atoms with E-state index in [0.29, 0.717) is 26.1 Å². The van der Waals surface area contributed by atoms with Crippen LogP contribution >= 0.6 is 11.3 Å². The summed E-state index contributed by atoms with van der Waals surface area (Å²) in [6, 6.07) is 3.85. The minimum absolute atomic E-state index is 0.169. The zero-order chi connectivity index (χ0) is 13.8. The Balaban J connectivity index is 1.84. The van der Waals surface area contributed by atoms with Gasteiger partial charge in [0.1, 0.15) is 0 Å². The second-order valence-electron chi connectivity index (χ2n) is 4.79. The third-order valence-electron chi connectivity index (χ3n) is 3.27. The molecule has 2 rings (SSSR count). The second-order valence-corrected chi connectivity index (χ2v) is 6.17. The number of carbonyl (C=O) groups excluding carboxylic acids is 1. The summed E-state index contributed by atoms with van der Waals surface area (Å²) in [6.45, 7) is 3.48. The Morgan fingerprint density at radius 2 is 2.32 bits per heavy atom. The number of rotatable bonds is 3. The van der Waals surface area contributed by atoms with Crippen LogP contribution in [0.2, 0.25) is 0 Å². The number of likely N-dealkylation sites (tertiary alicyclic amines) is 1. The van der Waals surface area contributed by atoms with Crippen LogP contribution in [0.3, 0.4) is 0 Å². The van der Waals surface area contributed by atoms with Crippen LogP contribution in [0.4, 0.5) is 4.79 Å². The number of urea groups is 1. The predicted octanol–water partition coefficient (Wildman–Crippen LogP) is 2.06. The first-order valence-electron chi connectivity index (χ1n) is 6.37. The molecule has 2 N–H and O–H groups in total. The van der Waals surface area contributed by atoms with Gasteiger partial charge in [-0.05, 0) is 31.9 Å². The number of carbonyl (C=O) groups is 2. The number of hydrogen-bond acceptors (Lipinski definition) is 3. The number of carboxylic acid groups (broad SMARTS) is 1. The van der Waals surface area contributed by atoms with Gasteiger partial charge in [0.15, 0.2) is 0 Å². The standard InChI is InChI=1S/C13H18N2O3S/c1-9-4-5-11(19-9)7-14-13(18)15-6-2-3-10(8-15)12(16)17/h4-5,10H,2-3,6-8H2,1H3,(H,14,18)(H,16,17)/t10-/m1/s1. The maximum absolute atomic E-state index is 12.0. The number of aryl methyl sites for hydroxylation is 1. The van der Waals surface area contributed by atoms with Crippen LogP contribution in [0.15, 0.2) is 12.1 Å². The van der Waals surface area contributed by atoms with E-state index in [9.17, 15) is 9.59 Å². The molecule has 0 aromatic carbocycles. The first-order valence-corrected chi connectivity index (χ1v) is 7.19. The molecule has 0 aliphatic carbocycles. The Morgan fingerprint density at radius 3 is 2.95 bits per heavy atom. The van der Waals surface area contributed by atoms with Crippen LogP contribution in [0.1, 0.15) is 22.6 Å². The molecular weight excluding hydrogens is 264 g/mol. The Labute approximate surface area is 116 Å². The molecule has 1 aromatic heterocycles. The lowest BCUT2D eigenvalue weighted by Crippen LogP contribution is -2.46. The first-order chi connectivity index (χ1) is 9.06. The van der Waals surface area contributed by atoms with Gasteiger partial charge in [-0.1, -0.05) is 0 Å². The molecule has 0 spiro atoms. The van der Waals surface area contributed by atoms with E-state index in [4.69, 9.17) is 5.11 Å². The zero-order valence-corrected chi connectivity index (χ0v) is 11.7. The lowest BCUT2D eigenvalue weighted by molar-refractivity contribution is -0.143. The summed E-state index contributed by atoms with van der Waals surface area (Å²) < 4.78 is 0. The topological polar surface area (TPSA) is 69.6 Å². The monoisotopic (exact) mass is 282 g/mol. The van der Waals surface area contributed by atoms with E-state index < -0.39 is 11.9 Å². The van der Waals surface area contributed by atoms with Crippen LogP contribution in [0, 0.1) is 12.8 Å². The maximum Gasteiger partial charge on any atom is 0.317 e. The summed E-state index contributed by atoms with van der Waals surface area (Å²) >= 11 is 1.65. The van der Waals surface area contributed by atoms with Crippen molar-refractivity contribution in [3.05, 3.63) is 21.9 Å². The number of nitrogens with zero attached hydrogens (tertiary/aromatic N) is 1. The summed E-state index contributed by atoms with van der Waals surface area (Å²) in [5.74, 6) is -1.24. The van der Waals surface area contributed by atoms with Crippen molar-refractivity contribution in [1.29, 1.82) is 0 Å². The van der Waals surface area contributed by atoms with Crippen molar-refractivity contribution in [3.8, 4) is 0 Å². The van der Waals surface area contributed by atoms with Crippen LogP contribution in [-0.2, 0) is 11.3 Å². The highest BCUT2D eigenvalue weighted by molar-refractivity contribution is 7.11. The van der Waals surface area contributed by atoms with Gasteiger partial charge in [-0.25, -0.2) is 4.79 Å². The predicted molar refractivity (Wildman–Crippen MR) is 73.2 cm³/mol. The number of hydrogen-bond donors (Lipinski definition) is 2. The van der Waals surface area contributed by atoms with E-state index in [2.05, 4.69) is 5.32 Å². The molecule has 2 heterocycles. The number of aliphatic carboxylic acids is 1. The number of piperidine rings is 1. The molecule has 0 unspecified atom stereocenters. The quantitative estimate of drug-likeness (QED) is 0.891. The van der Waals surface area contributed by atoms with E-state index in [1.807, 2.05) is 19.1 Å². The average Bonchev–Trinajstić information content (AvgIpc) is 2.82. The van der Waals surface area contributed by atoms with Crippen molar-refractivity contribution < 1.29 is 14.7 Å². The molecule has 19 heavy (non-hydrogen) atoms. The molecule has 0 bridgehead atoms. The van der Waals surface area contributed by atoms with Crippen molar-refractivity contribution >= 4 is 23.3 Å². The average molecular weight is 282 g/mol. The molecule has 6 heteroatoms. The van der Waals surface area contributed by atoms with Gasteiger partial charge in [0.2, 0.25) is 0 Å². The minimum atomic E-state index is -0.814. The number of amides is 2. The largest absolute Gasteiger partial charge is 0.481 e. The van der Waals surface area contributed by atoms with Crippen molar-refractivity contribution in [2.24, 2.45) is 5.92 Å². The Bertz CT molecular complexity index is 472. The Hall–Kier alpha value is -1.56. The molecule has 5 nitrogen and oxygen atoms in total. The van der Waals surface area contributed by atoms with Gasteiger partial charge in [0, 0.05) is 22.8 Å². The molecular formula is C13H18N2O3S. The molecule has 104 valence electrons. The zero-order valence-electron chi connectivity index (χ0n) is 10.9. The maximum atomic E-state index is 12.0. The Kier molecular flexibility index (Phi) is 4.42. The Morgan fingerprint density at radius 1 is 1.53 bits per heavy atom. The van der Waals surface area contributed by atoms with Gasteiger partial charge in [-0.3, -0.25) is 4.79 Å². The number of nitrogens with one attached hydrogen (secondary N) is 1. The minimum Gasteiger partial charge on any atom is -0.481 e. The van der Waals surface area contributed by atoms with Crippen molar-refractivity contribution in [1.82, 2.24) is 10.2 Å². The first kappa shape index (κ1) is 13.9. The van der Waals surface area contributed by atoms with Gasteiger partial charge in [0.25, 0.3) is 0 Å². The van der Waals surface area contributed by atoms with Gasteiger partial charge >= 0.3 is 12.0 Å². The molecule has 1 aromatic rings. The van der Waals surface area contributed by atoms with Crippen molar-refractivity contribution in [3.63, 3.8) is 0 Å². The van der Waals surface area contributed by atoms with Crippen LogP contribution in [-0.4, -0.2) is 35.1 Å². The summed E-state index contributed by atoms with van der Waals surface area (Å²) in [5, 5.41) is 11.8. The van der Waals surface area contributed by atoms with Crippen molar-refractivity contribution in [2.45, 2.75) is 26.3 Å². The third-order valence-corrected chi connectivity index (χ3v) is 4.27. The fourth-order valence-corrected chi connectivity index (χ4v) is 3.05. The smallest absolute Gasteiger partial charge is 0.317 e. The molecule has 1 aliphatic heterocycles. The second kappa shape index (κ2) is 6.06. The third kappa shape index (κ3) is 3.70. The van der Waals surface area contributed by atoms with Crippen LogP contribution in [0.25, 0.3) is 0 Å². The van der Waals surface area contributed by atoms with E-state index in [1.165, 1.54) is 4.88 Å². The molecule has 1 atom stereocenters. The van der Waals surface area contributed by atoms with Crippen molar-refractivity contribution in [2.75, 3.05) is 13.1 Å². The van der Waals surface area contributed by atoms with E-state index >= 15 is 0 Å². The highest BCUT2D eigenvalue weighted by Gasteiger charge is 2.27. The normalized spacial score (nSPS) is 19.2. The summed E-state index contributed by atoms with van der Waals surface area (Å²) in [4.78, 5) is 26.8. The summed E-state index contributed by atoms with van der Waals surface area (Å²) in [5.41, 5.74) is 0. The van der Waals surface area contributed by atoms with Gasteiger partial charge in [-0.2, -0.15) is 0 Å². The number of thiophene rings is 1. The lowest BCUT2D eigenvalue weighted by Gasteiger charge is -2.30.